The molecule has 9 heteroatoms. The molecule has 4 rings (SSSR count). The van der Waals surface area contributed by atoms with Gasteiger partial charge in [0.05, 0.1) is 18.0 Å². The molecule has 2 heterocycles. The van der Waals surface area contributed by atoms with Gasteiger partial charge in [0, 0.05) is 29.5 Å². The number of hydrogen-bond acceptors (Lipinski definition) is 6. The topological polar surface area (TPSA) is 95.1 Å². The molecule has 0 spiro atoms. The SMILES string of the molecule is CCOc1ccc(-c2noc(CCC(=O)Nc3cc(C)nn3-c3cccc(Cl)c3)n2)cc1. The van der Waals surface area contributed by atoms with Gasteiger partial charge in [0.25, 0.3) is 0 Å². The maximum absolute atomic E-state index is 12.5. The van der Waals surface area contributed by atoms with E-state index in [9.17, 15) is 4.79 Å². The molecule has 32 heavy (non-hydrogen) atoms. The average Bonchev–Trinajstić information content (AvgIpc) is 3.40. The van der Waals surface area contributed by atoms with Gasteiger partial charge in [-0.3, -0.25) is 4.79 Å². The Balaban J connectivity index is 1.38. The van der Waals surface area contributed by atoms with Crippen LogP contribution in [-0.2, 0) is 11.2 Å². The number of nitrogens with zero attached hydrogens (tertiary/aromatic N) is 4. The van der Waals surface area contributed by atoms with Crippen molar-refractivity contribution >= 4 is 23.3 Å². The molecule has 2 aromatic heterocycles. The number of anilines is 1. The van der Waals surface area contributed by atoms with Crippen LogP contribution in [0.3, 0.4) is 0 Å². The van der Waals surface area contributed by atoms with E-state index < -0.39 is 0 Å². The molecule has 8 nitrogen and oxygen atoms in total. The molecular weight excluding hydrogens is 430 g/mol. The van der Waals surface area contributed by atoms with Gasteiger partial charge >= 0.3 is 0 Å². The molecule has 0 atom stereocenters. The van der Waals surface area contributed by atoms with Crippen LogP contribution in [0.2, 0.25) is 5.02 Å². The number of aromatic nitrogens is 4. The summed E-state index contributed by atoms with van der Waals surface area (Å²) < 4.78 is 12.4. The molecule has 2 aromatic carbocycles. The van der Waals surface area contributed by atoms with Crippen molar-refractivity contribution in [2.24, 2.45) is 0 Å². The summed E-state index contributed by atoms with van der Waals surface area (Å²) >= 11 is 6.09. The highest BCUT2D eigenvalue weighted by Crippen LogP contribution is 2.22. The van der Waals surface area contributed by atoms with Gasteiger partial charge in [-0.2, -0.15) is 10.1 Å². The third-order valence-corrected chi connectivity index (χ3v) is 4.84. The van der Waals surface area contributed by atoms with E-state index in [1.54, 1.807) is 22.9 Å². The van der Waals surface area contributed by atoms with E-state index in [4.69, 9.17) is 20.9 Å². The second kappa shape index (κ2) is 9.65. The molecule has 0 aliphatic carbocycles. The summed E-state index contributed by atoms with van der Waals surface area (Å²) in [6.45, 7) is 4.40. The van der Waals surface area contributed by atoms with E-state index in [0.717, 1.165) is 22.7 Å². The Labute approximate surface area is 190 Å². The summed E-state index contributed by atoms with van der Waals surface area (Å²) in [7, 11) is 0. The lowest BCUT2D eigenvalue weighted by atomic mass is 10.2. The number of ether oxygens (including phenoxy) is 1. The van der Waals surface area contributed by atoms with Gasteiger partial charge in [0.1, 0.15) is 11.6 Å². The minimum atomic E-state index is -0.186. The van der Waals surface area contributed by atoms with E-state index in [2.05, 4.69) is 20.6 Å². The quantitative estimate of drug-likeness (QED) is 0.411. The number of halogens is 1. The van der Waals surface area contributed by atoms with E-state index >= 15 is 0 Å². The molecule has 0 fully saturated rings. The van der Waals surface area contributed by atoms with Crippen LogP contribution >= 0.6 is 11.6 Å². The lowest BCUT2D eigenvalue weighted by Crippen LogP contribution is -2.15. The first-order chi connectivity index (χ1) is 15.5. The molecule has 0 unspecified atom stereocenters. The van der Waals surface area contributed by atoms with Crippen molar-refractivity contribution in [3.63, 3.8) is 0 Å². The van der Waals surface area contributed by atoms with Crippen LogP contribution in [0.15, 0.2) is 59.1 Å². The third-order valence-electron chi connectivity index (χ3n) is 4.61. The molecule has 0 radical (unpaired) electrons. The molecular formula is C23H22ClN5O3. The van der Waals surface area contributed by atoms with E-state index in [-0.39, 0.29) is 12.3 Å². The van der Waals surface area contributed by atoms with Gasteiger partial charge in [0.2, 0.25) is 17.6 Å². The zero-order chi connectivity index (χ0) is 22.5. The van der Waals surface area contributed by atoms with Crippen LogP contribution in [0.25, 0.3) is 17.1 Å². The van der Waals surface area contributed by atoms with Crippen molar-refractivity contribution in [3.05, 3.63) is 71.2 Å². The minimum absolute atomic E-state index is 0.185. The van der Waals surface area contributed by atoms with Gasteiger partial charge in [-0.05, 0) is 56.3 Å². The summed E-state index contributed by atoms with van der Waals surface area (Å²) in [5.41, 5.74) is 2.35. The standard InChI is InChI=1S/C23H22ClN5O3/c1-3-31-19-9-7-16(8-10-19)23-26-22(32-28-23)12-11-21(30)25-20-13-15(2)27-29(20)18-6-4-5-17(24)14-18/h4-10,13-14H,3,11-12H2,1-2H3,(H,25,30). The minimum Gasteiger partial charge on any atom is -0.494 e. The van der Waals surface area contributed by atoms with Gasteiger partial charge in [0.15, 0.2) is 0 Å². The van der Waals surface area contributed by atoms with Crippen molar-refractivity contribution in [1.82, 2.24) is 19.9 Å². The highest BCUT2D eigenvalue weighted by molar-refractivity contribution is 6.30. The summed E-state index contributed by atoms with van der Waals surface area (Å²) in [4.78, 5) is 16.9. The molecule has 164 valence electrons. The lowest BCUT2D eigenvalue weighted by molar-refractivity contribution is -0.116. The fourth-order valence-corrected chi connectivity index (χ4v) is 3.34. The third kappa shape index (κ3) is 5.15. The van der Waals surface area contributed by atoms with Crippen molar-refractivity contribution in [2.75, 3.05) is 11.9 Å². The lowest BCUT2D eigenvalue weighted by Gasteiger charge is -2.08. The predicted molar refractivity (Wildman–Crippen MR) is 121 cm³/mol. The second-order valence-corrected chi connectivity index (χ2v) is 7.52. The fourth-order valence-electron chi connectivity index (χ4n) is 3.16. The number of benzene rings is 2. The van der Waals surface area contributed by atoms with E-state index in [0.29, 0.717) is 35.6 Å². The van der Waals surface area contributed by atoms with Crippen molar-refractivity contribution in [3.8, 4) is 22.8 Å². The molecule has 0 saturated carbocycles. The number of rotatable bonds is 8. The van der Waals surface area contributed by atoms with E-state index in [1.807, 2.05) is 50.2 Å². The number of carbonyl (C=O) groups excluding carboxylic acids is 1. The summed E-state index contributed by atoms with van der Waals surface area (Å²) in [6, 6.07) is 16.5. The Hall–Kier alpha value is -3.65. The molecule has 0 bridgehead atoms. The predicted octanol–water partition coefficient (Wildman–Crippen LogP) is 4.85. The first kappa shape index (κ1) is 21.6. The molecule has 0 aliphatic heterocycles. The monoisotopic (exact) mass is 451 g/mol. The van der Waals surface area contributed by atoms with Crippen LogP contribution in [0.5, 0.6) is 5.75 Å². The van der Waals surface area contributed by atoms with Crippen LogP contribution in [-0.4, -0.2) is 32.4 Å². The highest BCUT2D eigenvalue weighted by Gasteiger charge is 2.14. The zero-order valence-corrected chi connectivity index (χ0v) is 18.5. The number of carbonyl (C=O) groups is 1. The normalized spacial score (nSPS) is 10.8. The zero-order valence-electron chi connectivity index (χ0n) is 17.7. The first-order valence-corrected chi connectivity index (χ1v) is 10.6. The fraction of sp³-hybridized carbons (Fsp3) is 0.217. The largest absolute Gasteiger partial charge is 0.494 e. The van der Waals surface area contributed by atoms with Crippen molar-refractivity contribution in [2.45, 2.75) is 26.7 Å². The number of hydrogen-bond donors (Lipinski definition) is 1. The van der Waals surface area contributed by atoms with Crippen LogP contribution in [0, 0.1) is 6.92 Å². The molecule has 1 N–H and O–H groups in total. The van der Waals surface area contributed by atoms with Crippen LogP contribution in [0.1, 0.15) is 24.9 Å². The smallest absolute Gasteiger partial charge is 0.227 e. The Kier molecular flexibility index (Phi) is 6.51. The number of aryl methyl sites for hydroxylation is 2. The van der Waals surface area contributed by atoms with Crippen LogP contribution in [0.4, 0.5) is 5.82 Å². The second-order valence-electron chi connectivity index (χ2n) is 7.08. The average molecular weight is 452 g/mol. The molecule has 0 aliphatic rings. The number of nitrogens with one attached hydrogen (secondary N) is 1. The first-order valence-electron chi connectivity index (χ1n) is 10.2. The molecule has 0 saturated heterocycles. The van der Waals surface area contributed by atoms with Gasteiger partial charge in [-0.25, -0.2) is 4.68 Å². The Morgan fingerprint density at radius 3 is 2.75 bits per heavy atom. The van der Waals surface area contributed by atoms with Crippen molar-refractivity contribution < 1.29 is 14.1 Å². The van der Waals surface area contributed by atoms with Crippen LogP contribution < -0.4 is 10.1 Å². The molecule has 1 amide bonds. The number of amides is 1. The Bertz CT molecular complexity index is 1220. The summed E-state index contributed by atoms with van der Waals surface area (Å²) in [5, 5.41) is 11.9. The Morgan fingerprint density at radius 1 is 1.19 bits per heavy atom. The van der Waals surface area contributed by atoms with E-state index in [1.165, 1.54) is 0 Å². The molecule has 4 aromatic rings. The van der Waals surface area contributed by atoms with Crippen molar-refractivity contribution in [1.29, 1.82) is 0 Å². The van der Waals surface area contributed by atoms with Gasteiger partial charge in [-0.1, -0.05) is 22.8 Å². The maximum atomic E-state index is 12.5. The summed E-state index contributed by atoms with van der Waals surface area (Å²) in [6.07, 6.45) is 0.505. The summed E-state index contributed by atoms with van der Waals surface area (Å²) in [5.74, 6) is 2.02. The highest BCUT2D eigenvalue weighted by atomic mass is 35.5. The van der Waals surface area contributed by atoms with Gasteiger partial charge in [-0.15, -0.1) is 0 Å². The Morgan fingerprint density at radius 2 is 2.00 bits per heavy atom. The maximum Gasteiger partial charge on any atom is 0.227 e. The van der Waals surface area contributed by atoms with Gasteiger partial charge < -0.3 is 14.6 Å².